The van der Waals surface area contributed by atoms with Gasteiger partial charge in [-0.25, -0.2) is 0 Å². The Kier molecular flexibility index (Phi) is 4.14. The number of anilines is 1. The van der Waals surface area contributed by atoms with Gasteiger partial charge in [-0.1, -0.05) is 18.0 Å². The summed E-state index contributed by atoms with van der Waals surface area (Å²) in [7, 11) is 3.69. The van der Waals surface area contributed by atoms with E-state index in [1.165, 1.54) is 25.7 Å². The van der Waals surface area contributed by atoms with E-state index in [0.29, 0.717) is 6.04 Å². The van der Waals surface area contributed by atoms with Gasteiger partial charge in [-0.15, -0.1) is 0 Å². The van der Waals surface area contributed by atoms with Crippen LogP contribution in [-0.4, -0.2) is 31.2 Å². The molecule has 1 aromatic rings. The van der Waals surface area contributed by atoms with Gasteiger partial charge in [-0.2, -0.15) is 0 Å². The van der Waals surface area contributed by atoms with E-state index in [1.807, 2.05) is 18.2 Å². The standard InChI is InChI=1S/C14H21N3O2/c1-17(10-5-3-4-6-10)13-9-11(19-2)7-8-12(13)14(15)16-18/h7-10,18H,3-6H2,1-2H3,(H2,15,16). The number of hydrogen-bond acceptors (Lipinski definition) is 4. The molecule has 0 radical (unpaired) electrons. The van der Waals surface area contributed by atoms with Crippen LogP contribution in [0.1, 0.15) is 31.2 Å². The highest BCUT2D eigenvalue weighted by atomic mass is 16.5. The Hall–Kier alpha value is -1.91. The van der Waals surface area contributed by atoms with Gasteiger partial charge < -0.3 is 20.6 Å². The number of hydrogen-bond donors (Lipinski definition) is 2. The summed E-state index contributed by atoms with van der Waals surface area (Å²) in [6, 6.07) is 6.09. The van der Waals surface area contributed by atoms with Crippen molar-refractivity contribution in [1.82, 2.24) is 0 Å². The van der Waals surface area contributed by atoms with Crippen molar-refractivity contribution in [3.8, 4) is 5.75 Å². The predicted molar refractivity (Wildman–Crippen MR) is 76.2 cm³/mol. The molecule has 1 saturated carbocycles. The first-order chi connectivity index (χ1) is 9.17. The van der Waals surface area contributed by atoms with Crippen LogP contribution in [0.5, 0.6) is 5.75 Å². The Balaban J connectivity index is 2.39. The lowest BCUT2D eigenvalue weighted by Gasteiger charge is -2.28. The molecule has 1 aliphatic carbocycles. The molecule has 0 aromatic heterocycles. The first-order valence-corrected chi connectivity index (χ1v) is 6.56. The van der Waals surface area contributed by atoms with Gasteiger partial charge in [0.1, 0.15) is 5.75 Å². The number of oxime groups is 1. The Morgan fingerprint density at radius 2 is 2.11 bits per heavy atom. The highest BCUT2D eigenvalue weighted by molar-refractivity contribution is 6.02. The lowest BCUT2D eigenvalue weighted by atomic mass is 10.1. The second kappa shape index (κ2) is 5.82. The molecule has 5 nitrogen and oxygen atoms in total. The van der Waals surface area contributed by atoms with Crippen molar-refractivity contribution < 1.29 is 9.94 Å². The summed E-state index contributed by atoms with van der Waals surface area (Å²) in [6.45, 7) is 0. The normalized spacial score (nSPS) is 16.6. The SMILES string of the molecule is COc1ccc(/C(N)=N/O)c(N(C)C2CCCC2)c1. The number of nitrogens with zero attached hydrogens (tertiary/aromatic N) is 2. The van der Waals surface area contributed by atoms with Crippen molar-refractivity contribution in [1.29, 1.82) is 0 Å². The predicted octanol–water partition coefficient (Wildman–Crippen LogP) is 2.17. The molecule has 104 valence electrons. The van der Waals surface area contributed by atoms with E-state index in [2.05, 4.69) is 17.1 Å². The fourth-order valence-electron chi connectivity index (χ4n) is 2.69. The van der Waals surface area contributed by atoms with Gasteiger partial charge >= 0.3 is 0 Å². The van der Waals surface area contributed by atoms with Crippen LogP contribution < -0.4 is 15.4 Å². The lowest BCUT2D eigenvalue weighted by Crippen LogP contribution is -2.31. The van der Waals surface area contributed by atoms with Crippen molar-refractivity contribution in [2.75, 3.05) is 19.1 Å². The van der Waals surface area contributed by atoms with Crippen LogP contribution >= 0.6 is 0 Å². The van der Waals surface area contributed by atoms with Gasteiger partial charge in [0.2, 0.25) is 0 Å². The molecule has 1 fully saturated rings. The summed E-state index contributed by atoms with van der Waals surface area (Å²) in [5.41, 5.74) is 7.44. The van der Waals surface area contributed by atoms with Gasteiger partial charge in [-0.05, 0) is 25.0 Å². The molecule has 0 heterocycles. The number of methoxy groups -OCH3 is 1. The van der Waals surface area contributed by atoms with E-state index < -0.39 is 0 Å². The van der Waals surface area contributed by atoms with Gasteiger partial charge in [0, 0.05) is 24.7 Å². The maximum atomic E-state index is 8.90. The molecule has 5 heteroatoms. The second-order valence-corrected chi connectivity index (χ2v) is 4.92. The minimum Gasteiger partial charge on any atom is -0.497 e. The third kappa shape index (κ3) is 2.75. The molecular weight excluding hydrogens is 242 g/mol. The molecule has 0 amide bonds. The molecule has 1 aliphatic rings. The van der Waals surface area contributed by atoms with E-state index >= 15 is 0 Å². The summed E-state index contributed by atoms with van der Waals surface area (Å²) in [4.78, 5) is 2.21. The Morgan fingerprint density at radius 3 is 2.68 bits per heavy atom. The molecule has 2 rings (SSSR count). The fraction of sp³-hybridized carbons (Fsp3) is 0.500. The monoisotopic (exact) mass is 263 g/mol. The largest absolute Gasteiger partial charge is 0.497 e. The van der Waals surface area contributed by atoms with Crippen LogP contribution in [-0.2, 0) is 0 Å². The maximum Gasteiger partial charge on any atom is 0.172 e. The average Bonchev–Trinajstić information content (AvgIpc) is 2.99. The van der Waals surface area contributed by atoms with Crippen molar-refractivity contribution in [2.45, 2.75) is 31.7 Å². The molecule has 0 saturated heterocycles. The number of rotatable bonds is 4. The topological polar surface area (TPSA) is 71.1 Å². The highest BCUT2D eigenvalue weighted by Gasteiger charge is 2.22. The molecule has 0 aliphatic heterocycles. The van der Waals surface area contributed by atoms with E-state index in [0.717, 1.165) is 17.0 Å². The van der Waals surface area contributed by atoms with Gasteiger partial charge in [0.15, 0.2) is 5.84 Å². The summed E-state index contributed by atoms with van der Waals surface area (Å²) in [5.74, 6) is 0.900. The quantitative estimate of drug-likeness (QED) is 0.378. The van der Waals surface area contributed by atoms with Gasteiger partial charge in [0.05, 0.1) is 12.8 Å². The van der Waals surface area contributed by atoms with E-state index in [1.54, 1.807) is 7.11 Å². The molecule has 0 atom stereocenters. The van der Waals surface area contributed by atoms with E-state index in [9.17, 15) is 0 Å². The average molecular weight is 263 g/mol. The minimum absolute atomic E-state index is 0.127. The van der Waals surface area contributed by atoms with Crippen molar-refractivity contribution >= 4 is 11.5 Å². The fourth-order valence-corrected chi connectivity index (χ4v) is 2.69. The van der Waals surface area contributed by atoms with E-state index in [4.69, 9.17) is 15.7 Å². The zero-order valence-electron chi connectivity index (χ0n) is 11.5. The molecule has 0 unspecified atom stereocenters. The minimum atomic E-state index is 0.127. The van der Waals surface area contributed by atoms with Crippen LogP contribution in [0.4, 0.5) is 5.69 Å². The zero-order valence-corrected chi connectivity index (χ0v) is 11.5. The van der Waals surface area contributed by atoms with Crippen LogP contribution in [0.25, 0.3) is 0 Å². The van der Waals surface area contributed by atoms with Crippen LogP contribution in [0.2, 0.25) is 0 Å². The van der Waals surface area contributed by atoms with Crippen LogP contribution in [0, 0.1) is 0 Å². The summed E-state index contributed by atoms with van der Waals surface area (Å²) < 4.78 is 5.27. The second-order valence-electron chi connectivity index (χ2n) is 4.92. The Labute approximate surface area is 113 Å². The molecule has 3 N–H and O–H groups in total. The number of ether oxygens (including phenoxy) is 1. The van der Waals surface area contributed by atoms with Gasteiger partial charge in [0.25, 0.3) is 0 Å². The Bertz CT molecular complexity index is 468. The third-order valence-corrected chi connectivity index (χ3v) is 3.84. The molecule has 0 spiro atoms. The number of amidine groups is 1. The Morgan fingerprint density at radius 1 is 1.42 bits per heavy atom. The molecular formula is C14H21N3O2. The summed E-state index contributed by atoms with van der Waals surface area (Å²) in [5, 5.41) is 12.0. The summed E-state index contributed by atoms with van der Waals surface area (Å²) in [6.07, 6.45) is 4.89. The molecule has 1 aromatic carbocycles. The van der Waals surface area contributed by atoms with Crippen molar-refractivity contribution in [2.24, 2.45) is 10.9 Å². The van der Waals surface area contributed by atoms with Crippen molar-refractivity contribution in [3.63, 3.8) is 0 Å². The maximum absolute atomic E-state index is 8.90. The highest BCUT2D eigenvalue weighted by Crippen LogP contribution is 2.31. The van der Waals surface area contributed by atoms with E-state index in [-0.39, 0.29) is 5.84 Å². The van der Waals surface area contributed by atoms with Crippen LogP contribution in [0.3, 0.4) is 0 Å². The number of benzene rings is 1. The smallest absolute Gasteiger partial charge is 0.172 e. The zero-order chi connectivity index (χ0) is 13.8. The summed E-state index contributed by atoms with van der Waals surface area (Å²) >= 11 is 0. The third-order valence-electron chi connectivity index (χ3n) is 3.84. The molecule has 19 heavy (non-hydrogen) atoms. The molecule has 0 bridgehead atoms. The first kappa shape index (κ1) is 13.5. The van der Waals surface area contributed by atoms with Crippen LogP contribution in [0.15, 0.2) is 23.4 Å². The van der Waals surface area contributed by atoms with Gasteiger partial charge in [-0.3, -0.25) is 0 Å². The lowest BCUT2D eigenvalue weighted by molar-refractivity contribution is 0.318. The number of nitrogens with two attached hydrogens (primary N) is 1. The van der Waals surface area contributed by atoms with Crippen molar-refractivity contribution in [3.05, 3.63) is 23.8 Å². The first-order valence-electron chi connectivity index (χ1n) is 6.56.